The van der Waals surface area contributed by atoms with Crippen LogP contribution in [0.4, 0.5) is 8.78 Å². The normalized spacial score (nSPS) is 13.0. The third kappa shape index (κ3) is 7.05. The number of hydrogen-bond acceptors (Lipinski definition) is 5. The van der Waals surface area contributed by atoms with E-state index >= 15 is 0 Å². The fraction of sp³-hybridized carbons (Fsp3) is 0.286. The Morgan fingerprint density at radius 3 is 2.50 bits per heavy atom. The van der Waals surface area contributed by atoms with Crippen LogP contribution < -0.4 is 15.5 Å². The molecule has 0 saturated heterocycles. The summed E-state index contributed by atoms with van der Waals surface area (Å²) in [6.07, 6.45) is -0.198. The fourth-order valence-corrected chi connectivity index (χ4v) is 5.60. The molecule has 0 aliphatic rings. The van der Waals surface area contributed by atoms with E-state index in [1.165, 1.54) is 10.1 Å². The largest absolute Gasteiger partial charge is 0.390 e. The van der Waals surface area contributed by atoms with Crippen molar-refractivity contribution in [1.82, 2.24) is 15.2 Å². The van der Waals surface area contributed by atoms with E-state index in [2.05, 4.69) is 23.6 Å². The summed E-state index contributed by atoms with van der Waals surface area (Å²) in [4.78, 5) is 25.2. The number of rotatable bonds is 11. The van der Waals surface area contributed by atoms with Gasteiger partial charge in [0, 0.05) is 19.2 Å². The molecule has 0 saturated carbocycles. The quantitative estimate of drug-likeness (QED) is 0.254. The van der Waals surface area contributed by atoms with Crippen molar-refractivity contribution in [1.29, 1.82) is 0 Å². The average Bonchev–Trinajstić information content (AvgIpc) is 3.18. The summed E-state index contributed by atoms with van der Waals surface area (Å²) in [5.41, 5.74) is 2.98. The Hall–Kier alpha value is -3.11. The fourth-order valence-electron chi connectivity index (χ4n) is 4.35. The maximum absolute atomic E-state index is 13.8. The Morgan fingerprint density at radius 1 is 1.05 bits per heavy atom. The second kappa shape index (κ2) is 12.6. The number of aryl methyl sites for hydroxylation is 1. The van der Waals surface area contributed by atoms with Crippen molar-refractivity contribution in [3.8, 4) is 0 Å². The van der Waals surface area contributed by atoms with Crippen LogP contribution in [0.2, 0.25) is 5.02 Å². The molecule has 0 unspecified atom stereocenters. The van der Waals surface area contributed by atoms with E-state index in [1.54, 1.807) is 18.2 Å². The SMILES string of the molecule is CCc1cccc(CNC[C@H](O)[C@H](Cc2cc(F)cc(F)c2)NC(=O)Cn2c(=O)sc3cccc(Cl)c32)c1. The Balaban J connectivity index is 1.49. The maximum Gasteiger partial charge on any atom is 0.308 e. The predicted octanol–water partition coefficient (Wildman–Crippen LogP) is 4.44. The topological polar surface area (TPSA) is 83.4 Å². The van der Waals surface area contributed by atoms with E-state index in [9.17, 15) is 23.5 Å². The van der Waals surface area contributed by atoms with Gasteiger partial charge in [-0.3, -0.25) is 14.2 Å². The first kappa shape index (κ1) is 27.9. The molecular weight excluding hydrogens is 532 g/mol. The minimum absolute atomic E-state index is 0.0192. The summed E-state index contributed by atoms with van der Waals surface area (Å²) in [5, 5.41) is 17.3. The Morgan fingerprint density at radius 2 is 1.76 bits per heavy atom. The van der Waals surface area contributed by atoms with Crippen LogP contribution in [-0.2, 0) is 30.7 Å². The summed E-state index contributed by atoms with van der Waals surface area (Å²) < 4.78 is 29.6. The number of carbonyl (C=O) groups is 1. The zero-order valence-corrected chi connectivity index (χ0v) is 22.3. The third-order valence-electron chi connectivity index (χ3n) is 6.21. The summed E-state index contributed by atoms with van der Waals surface area (Å²) in [7, 11) is 0. The Kier molecular flexibility index (Phi) is 9.27. The molecule has 0 fully saturated rings. The first-order chi connectivity index (χ1) is 18.2. The number of amides is 1. The number of aromatic nitrogens is 1. The van der Waals surface area contributed by atoms with E-state index in [0.29, 0.717) is 21.8 Å². The first-order valence-corrected chi connectivity index (χ1v) is 13.4. The van der Waals surface area contributed by atoms with Crippen molar-refractivity contribution in [2.45, 2.75) is 45.0 Å². The summed E-state index contributed by atoms with van der Waals surface area (Å²) in [5.74, 6) is -2.04. The standard InChI is InChI=1S/C28H28ClF2N3O3S/c1-2-17-5-3-6-18(9-17)14-32-15-24(35)23(12-19-10-20(30)13-21(31)11-19)33-26(36)16-34-27-22(29)7-4-8-25(27)38-28(34)37/h3-11,13,23-24,32,35H,2,12,14-16H2,1H3,(H,33,36)/t23-,24-/m0/s1. The molecule has 3 N–H and O–H groups in total. The summed E-state index contributed by atoms with van der Waals surface area (Å²) in [6, 6.07) is 15.4. The maximum atomic E-state index is 13.8. The number of fused-ring (bicyclic) bond motifs is 1. The molecule has 0 aliphatic carbocycles. The van der Waals surface area contributed by atoms with Gasteiger partial charge in [0.15, 0.2) is 0 Å². The number of carbonyl (C=O) groups excluding carboxylic acids is 1. The van der Waals surface area contributed by atoms with Crippen LogP contribution in [0.15, 0.2) is 65.5 Å². The Labute approximate surface area is 227 Å². The van der Waals surface area contributed by atoms with Crippen LogP contribution in [-0.4, -0.2) is 34.3 Å². The molecule has 0 spiro atoms. The third-order valence-corrected chi connectivity index (χ3v) is 7.46. The number of nitrogens with one attached hydrogen (secondary N) is 2. The zero-order valence-electron chi connectivity index (χ0n) is 20.7. The van der Waals surface area contributed by atoms with Gasteiger partial charge >= 0.3 is 4.87 Å². The van der Waals surface area contributed by atoms with Crippen molar-refractivity contribution in [3.05, 3.63) is 104 Å². The van der Waals surface area contributed by atoms with Gasteiger partial charge in [0.05, 0.1) is 27.4 Å². The lowest BCUT2D eigenvalue weighted by Gasteiger charge is -2.25. The molecule has 0 aliphatic heterocycles. The molecule has 0 bridgehead atoms. The van der Waals surface area contributed by atoms with Crippen LogP contribution in [0.25, 0.3) is 10.2 Å². The molecule has 10 heteroatoms. The molecule has 0 radical (unpaired) electrons. The van der Waals surface area contributed by atoms with Crippen LogP contribution in [0.3, 0.4) is 0 Å². The van der Waals surface area contributed by atoms with Crippen molar-refractivity contribution in [3.63, 3.8) is 0 Å². The van der Waals surface area contributed by atoms with Crippen molar-refractivity contribution >= 4 is 39.1 Å². The number of thiazole rings is 1. The summed E-state index contributed by atoms with van der Waals surface area (Å²) in [6.45, 7) is 2.36. The Bertz CT molecular complexity index is 1470. The molecule has 200 valence electrons. The molecule has 4 rings (SSSR count). The van der Waals surface area contributed by atoms with E-state index in [-0.39, 0.29) is 29.9 Å². The lowest BCUT2D eigenvalue weighted by atomic mass is 10.0. The van der Waals surface area contributed by atoms with E-state index in [4.69, 9.17) is 11.6 Å². The molecule has 1 aromatic heterocycles. The molecule has 1 amide bonds. The first-order valence-electron chi connectivity index (χ1n) is 12.2. The van der Waals surface area contributed by atoms with Crippen molar-refractivity contribution < 1.29 is 18.7 Å². The lowest BCUT2D eigenvalue weighted by molar-refractivity contribution is -0.123. The highest BCUT2D eigenvalue weighted by molar-refractivity contribution is 7.16. The summed E-state index contributed by atoms with van der Waals surface area (Å²) >= 11 is 7.25. The highest BCUT2D eigenvalue weighted by Crippen LogP contribution is 2.25. The van der Waals surface area contributed by atoms with Crippen molar-refractivity contribution in [2.75, 3.05) is 6.54 Å². The molecule has 2 atom stereocenters. The van der Waals surface area contributed by atoms with E-state index in [0.717, 1.165) is 41.5 Å². The number of hydrogen-bond donors (Lipinski definition) is 3. The number of benzene rings is 3. The van der Waals surface area contributed by atoms with E-state index in [1.807, 2.05) is 18.2 Å². The van der Waals surface area contributed by atoms with Crippen molar-refractivity contribution in [2.24, 2.45) is 0 Å². The van der Waals surface area contributed by atoms with Gasteiger partial charge in [-0.2, -0.15) is 0 Å². The molecule has 38 heavy (non-hydrogen) atoms. The minimum Gasteiger partial charge on any atom is -0.390 e. The number of aliphatic hydroxyl groups is 1. The number of nitrogens with zero attached hydrogens (tertiary/aromatic N) is 1. The van der Waals surface area contributed by atoms with Gasteiger partial charge in [-0.05, 0) is 53.8 Å². The van der Waals surface area contributed by atoms with Gasteiger partial charge in [-0.15, -0.1) is 0 Å². The zero-order chi connectivity index (χ0) is 27.2. The molecule has 3 aromatic carbocycles. The molecule has 4 aromatic rings. The van der Waals surface area contributed by atoms with Crippen LogP contribution in [0, 0.1) is 11.6 Å². The van der Waals surface area contributed by atoms with Crippen LogP contribution in [0.1, 0.15) is 23.6 Å². The second-order valence-electron chi connectivity index (χ2n) is 9.07. The highest BCUT2D eigenvalue weighted by Gasteiger charge is 2.23. The van der Waals surface area contributed by atoms with Crippen LogP contribution in [0.5, 0.6) is 0 Å². The number of aliphatic hydroxyl groups excluding tert-OH is 1. The lowest BCUT2D eigenvalue weighted by Crippen LogP contribution is -2.49. The van der Waals surface area contributed by atoms with E-state index < -0.39 is 29.7 Å². The number of halogens is 3. The number of para-hydroxylation sites is 1. The minimum atomic E-state index is -1.08. The van der Waals surface area contributed by atoms with Gasteiger partial charge < -0.3 is 15.7 Å². The highest BCUT2D eigenvalue weighted by atomic mass is 35.5. The monoisotopic (exact) mass is 559 g/mol. The molecular formula is C28H28ClF2N3O3S. The van der Waals surface area contributed by atoms with Gasteiger partial charge in [-0.1, -0.05) is 60.2 Å². The second-order valence-corrected chi connectivity index (χ2v) is 10.5. The van der Waals surface area contributed by atoms with Gasteiger partial charge in [-0.25, -0.2) is 8.78 Å². The average molecular weight is 560 g/mol. The molecule has 1 heterocycles. The van der Waals surface area contributed by atoms with Crippen LogP contribution >= 0.6 is 22.9 Å². The van der Waals surface area contributed by atoms with Gasteiger partial charge in [0.1, 0.15) is 18.2 Å². The van der Waals surface area contributed by atoms with Gasteiger partial charge in [0.25, 0.3) is 0 Å². The molecule has 6 nitrogen and oxygen atoms in total. The smallest absolute Gasteiger partial charge is 0.308 e. The predicted molar refractivity (Wildman–Crippen MR) is 147 cm³/mol. The van der Waals surface area contributed by atoms with Gasteiger partial charge in [0.2, 0.25) is 5.91 Å².